The van der Waals surface area contributed by atoms with Gasteiger partial charge in [0.1, 0.15) is 0 Å². The Morgan fingerprint density at radius 1 is 0.917 bits per heavy atom. The molecule has 1 fully saturated rings. The van der Waals surface area contributed by atoms with Gasteiger partial charge in [-0.25, -0.2) is 0 Å². The first-order chi connectivity index (χ1) is 11.7. The normalized spacial score (nSPS) is 15.8. The molecule has 1 N–H and O–H groups in total. The van der Waals surface area contributed by atoms with Crippen LogP contribution >= 0.6 is 0 Å². The van der Waals surface area contributed by atoms with Gasteiger partial charge in [-0.05, 0) is 67.3 Å². The molecule has 1 aliphatic heterocycles. The van der Waals surface area contributed by atoms with Gasteiger partial charge in [0, 0.05) is 54.3 Å². The minimum absolute atomic E-state index is 0.870. The highest BCUT2D eigenvalue weighted by Crippen LogP contribution is 2.26. The number of aryl methyl sites for hydroxylation is 1. The lowest BCUT2D eigenvalue weighted by Gasteiger charge is -2.32. The predicted molar refractivity (Wildman–Crippen MR) is 103 cm³/mol. The highest BCUT2D eigenvalue weighted by molar-refractivity contribution is 5.84. The van der Waals surface area contributed by atoms with Gasteiger partial charge in [0.05, 0.1) is 0 Å². The molecule has 3 nitrogen and oxygen atoms in total. The summed E-state index contributed by atoms with van der Waals surface area (Å²) in [5.74, 6) is 0.870. The molecular weight excluding hydrogens is 294 g/mol. The van der Waals surface area contributed by atoms with Crippen molar-refractivity contribution in [2.24, 2.45) is 13.0 Å². The maximum absolute atomic E-state index is 3.51. The van der Waals surface area contributed by atoms with Crippen LogP contribution < -0.4 is 10.2 Å². The molecule has 124 valence electrons. The lowest BCUT2D eigenvalue weighted by atomic mass is 9.99. The van der Waals surface area contributed by atoms with Crippen molar-refractivity contribution >= 4 is 28.0 Å². The van der Waals surface area contributed by atoms with Crippen molar-refractivity contribution in [1.82, 2.24) is 4.57 Å². The Morgan fingerprint density at radius 3 is 2.38 bits per heavy atom. The maximum Gasteiger partial charge on any atom is 0.0479 e. The van der Waals surface area contributed by atoms with Gasteiger partial charge < -0.3 is 14.8 Å². The third-order valence-corrected chi connectivity index (χ3v) is 5.19. The second-order valence-corrected chi connectivity index (χ2v) is 7.04. The SMILES string of the molecule is CC1CCN(c2ccc(Nc3ccc4c(ccn4C)c3)cc2)CC1. The number of nitrogens with one attached hydrogen (secondary N) is 1. The van der Waals surface area contributed by atoms with Crippen molar-refractivity contribution < 1.29 is 0 Å². The van der Waals surface area contributed by atoms with Crippen molar-refractivity contribution in [1.29, 1.82) is 0 Å². The first-order valence-corrected chi connectivity index (χ1v) is 8.86. The standard InChI is InChI=1S/C21H25N3/c1-16-9-13-24(14-10-16)20-6-3-18(4-7-20)22-19-5-8-21-17(15-19)11-12-23(21)2/h3-8,11-12,15-16,22H,9-10,13-14H2,1-2H3. The van der Waals surface area contributed by atoms with Crippen LogP contribution in [0.2, 0.25) is 0 Å². The van der Waals surface area contributed by atoms with Gasteiger partial charge in [0.15, 0.2) is 0 Å². The number of piperidine rings is 1. The summed E-state index contributed by atoms with van der Waals surface area (Å²) in [4.78, 5) is 2.50. The number of nitrogens with zero attached hydrogens (tertiary/aromatic N) is 2. The molecule has 0 aliphatic carbocycles. The summed E-state index contributed by atoms with van der Waals surface area (Å²) in [5, 5.41) is 4.78. The van der Waals surface area contributed by atoms with Crippen LogP contribution in [0.1, 0.15) is 19.8 Å². The fourth-order valence-corrected chi connectivity index (χ4v) is 3.55. The van der Waals surface area contributed by atoms with Gasteiger partial charge >= 0.3 is 0 Å². The lowest BCUT2D eigenvalue weighted by Crippen LogP contribution is -2.32. The summed E-state index contributed by atoms with van der Waals surface area (Å²) < 4.78 is 2.15. The first kappa shape index (κ1) is 15.1. The number of aromatic nitrogens is 1. The minimum atomic E-state index is 0.870. The van der Waals surface area contributed by atoms with Gasteiger partial charge in [-0.2, -0.15) is 0 Å². The Labute approximate surface area is 143 Å². The molecule has 1 saturated heterocycles. The van der Waals surface area contributed by atoms with Crippen LogP contribution in [0.15, 0.2) is 54.7 Å². The van der Waals surface area contributed by atoms with E-state index < -0.39 is 0 Å². The summed E-state index contributed by atoms with van der Waals surface area (Å²) >= 11 is 0. The number of anilines is 3. The molecule has 0 unspecified atom stereocenters. The molecule has 24 heavy (non-hydrogen) atoms. The molecule has 1 aromatic heterocycles. The van der Waals surface area contributed by atoms with E-state index in [1.807, 2.05) is 0 Å². The number of hydrogen-bond donors (Lipinski definition) is 1. The molecule has 2 heterocycles. The molecule has 1 aliphatic rings. The van der Waals surface area contributed by atoms with Crippen LogP contribution in [0.4, 0.5) is 17.1 Å². The Balaban J connectivity index is 1.48. The summed E-state index contributed by atoms with van der Waals surface area (Å²) in [6, 6.07) is 17.5. The van der Waals surface area contributed by atoms with Crippen molar-refractivity contribution in [3.63, 3.8) is 0 Å². The topological polar surface area (TPSA) is 20.2 Å². The molecule has 4 rings (SSSR count). The average Bonchev–Trinajstić information content (AvgIpc) is 2.97. The predicted octanol–water partition coefficient (Wildman–Crippen LogP) is 5.16. The van der Waals surface area contributed by atoms with Gasteiger partial charge in [-0.1, -0.05) is 6.92 Å². The van der Waals surface area contributed by atoms with Gasteiger partial charge in [0.25, 0.3) is 0 Å². The van der Waals surface area contributed by atoms with E-state index in [0.717, 1.165) is 17.3 Å². The van der Waals surface area contributed by atoms with Crippen molar-refractivity contribution in [2.75, 3.05) is 23.3 Å². The fourth-order valence-electron chi connectivity index (χ4n) is 3.55. The number of rotatable bonds is 3. The molecule has 0 radical (unpaired) electrons. The Hall–Kier alpha value is -2.42. The molecule has 2 aromatic carbocycles. The maximum atomic E-state index is 3.51. The quantitative estimate of drug-likeness (QED) is 0.719. The molecule has 0 atom stereocenters. The largest absolute Gasteiger partial charge is 0.372 e. The van der Waals surface area contributed by atoms with Crippen LogP contribution in [-0.2, 0) is 7.05 Å². The average molecular weight is 319 g/mol. The monoisotopic (exact) mass is 319 g/mol. The zero-order valence-electron chi connectivity index (χ0n) is 14.5. The molecule has 0 saturated carbocycles. The second-order valence-electron chi connectivity index (χ2n) is 7.04. The van der Waals surface area contributed by atoms with Gasteiger partial charge in [0.2, 0.25) is 0 Å². The van der Waals surface area contributed by atoms with Crippen molar-refractivity contribution in [2.45, 2.75) is 19.8 Å². The third-order valence-electron chi connectivity index (χ3n) is 5.19. The van der Waals surface area contributed by atoms with E-state index in [-0.39, 0.29) is 0 Å². The van der Waals surface area contributed by atoms with Crippen molar-refractivity contribution in [3.8, 4) is 0 Å². The summed E-state index contributed by atoms with van der Waals surface area (Å²) in [7, 11) is 2.08. The van der Waals surface area contributed by atoms with E-state index in [2.05, 4.69) is 83.5 Å². The second kappa shape index (κ2) is 6.23. The lowest BCUT2D eigenvalue weighted by molar-refractivity contribution is 0.438. The highest BCUT2D eigenvalue weighted by Gasteiger charge is 2.15. The van der Waals surface area contributed by atoms with Crippen LogP contribution in [0.25, 0.3) is 10.9 Å². The Kier molecular flexibility index (Phi) is 3.93. The van der Waals surface area contributed by atoms with Crippen molar-refractivity contribution in [3.05, 3.63) is 54.7 Å². The fraction of sp³-hybridized carbons (Fsp3) is 0.333. The zero-order chi connectivity index (χ0) is 16.5. The van der Waals surface area contributed by atoms with Crippen LogP contribution in [-0.4, -0.2) is 17.7 Å². The first-order valence-electron chi connectivity index (χ1n) is 8.86. The summed E-state index contributed by atoms with van der Waals surface area (Å²) in [6.45, 7) is 4.71. The number of hydrogen-bond acceptors (Lipinski definition) is 2. The molecule has 0 spiro atoms. The molecule has 0 amide bonds. The van der Waals surface area contributed by atoms with E-state index in [0.29, 0.717) is 0 Å². The minimum Gasteiger partial charge on any atom is -0.372 e. The molecule has 3 heteroatoms. The van der Waals surface area contributed by atoms with E-state index >= 15 is 0 Å². The number of benzene rings is 2. The summed E-state index contributed by atoms with van der Waals surface area (Å²) in [5.41, 5.74) is 4.87. The van der Waals surface area contributed by atoms with Crippen LogP contribution in [0.3, 0.4) is 0 Å². The smallest absolute Gasteiger partial charge is 0.0479 e. The third kappa shape index (κ3) is 2.99. The van der Waals surface area contributed by atoms with Crippen LogP contribution in [0, 0.1) is 5.92 Å². The Bertz CT molecular complexity index is 824. The zero-order valence-corrected chi connectivity index (χ0v) is 14.5. The van der Waals surface area contributed by atoms with E-state index in [1.54, 1.807) is 0 Å². The van der Waals surface area contributed by atoms with E-state index in [9.17, 15) is 0 Å². The summed E-state index contributed by atoms with van der Waals surface area (Å²) in [6.07, 6.45) is 4.71. The van der Waals surface area contributed by atoms with Gasteiger partial charge in [-0.3, -0.25) is 0 Å². The van der Waals surface area contributed by atoms with E-state index in [4.69, 9.17) is 0 Å². The van der Waals surface area contributed by atoms with E-state index in [1.165, 1.54) is 42.5 Å². The highest BCUT2D eigenvalue weighted by atomic mass is 15.1. The van der Waals surface area contributed by atoms with Crippen LogP contribution in [0.5, 0.6) is 0 Å². The number of fused-ring (bicyclic) bond motifs is 1. The Morgan fingerprint density at radius 2 is 1.62 bits per heavy atom. The molecule has 3 aromatic rings. The van der Waals surface area contributed by atoms with Gasteiger partial charge in [-0.15, -0.1) is 0 Å². The molecular formula is C21H25N3. The molecule has 0 bridgehead atoms.